The Kier molecular flexibility index (Phi) is 5.35. The maximum Gasteiger partial charge on any atom is 0.325 e. The van der Waals surface area contributed by atoms with Gasteiger partial charge in [-0.05, 0) is 18.6 Å². The molecule has 0 aliphatic rings. The van der Waals surface area contributed by atoms with Crippen LogP contribution in [-0.4, -0.2) is 17.7 Å². The number of carboxylic acids is 1. The molecule has 1 unspecified atom stereocenters. The molecule has 0 radical (unpaired) electrons. The van der Waals surface area contributed by atoms with Crippen LogP contribution in [0.5, 0.6) is 5.75 Å². The summed E-state index contributed by atoms with van der Waals surface area (Å²) in [4.78, 5) is 11.4. The highest BCUT2D eigenvalue weighted by Crippen LogP contribution is 2.20. The molecule has 0 bridgehead atoms. The van der Waals surface area contributed by atoms with Crippen LogP contribution in [-0.2, 0) is 11.3 Å². The molecule has 0 aromatic heterocycles. The number of aliphatic carboxylic acids is 1. The summed E-state index contributed by atoms with van der Waals surface area (Å²) in [5.41, 5.74) is 1.68. The molecule has 0 aliphatic carbocycles. The summed E-state index contributed by atoms with van der Waals surface area (Å²) in [7, 11) is 0. The average Bonchev–Trinajstić information content (AvgIpc) is 2.50. The van der Waals surface area contributed by atoms with Gasteiger partial charge in [0, 0.05) is 12.1 Å². The Bertz CT molecular complexity index is 584. The third-order valence-corrected chi connectivity index (χ3v) is 3.15. The fourth-order valence-electron chi connectivity index (χ4n) is 2.15. The van der Waals surface area contributed by atoms with E-state index in [0.29, 0.717) is 13.2 Å². The van der Waals surface area contributed by atoms with Crippen LogP contribution in [0.1, 0.15) is 24.1 Å². The van der Waals surface area contributed by atoms with Crippen molar-refractivity contribution in [2.24, 2.45) is 0 Å². The SMILES string of the molecule is CCOc1ccccc1CNC(C(=O)O)c1ccccc1. The second-order valence-corrected chi connectivity index (χ2v) is 4.60. The summed E-state index contributed by atoms with van der Waals surface area (Å²) in [5, 5.41) is 12.5. The first-order chi connectivity index (χ1) is 10.2. The normalized spacial score (nSPS) is 11.9. The van der Waals surface area contributed by atoms with Gasteiger partial charge in [0.2, 0.25) is 0 Å². The van der Waals surface area contributed by atoms with E-state index in [2.05, 4.69) is 5.32 Å². The summed E-state index contributed by atoms with van der Waals surface area (Å²) in [6.07, 6.45) is 0. The fraction of sp³-hybridized carbons (Fsp3) is 0.235. The maximum absolute atomic E-state index is 11.4. The quantitative estimate of drug-likeness (QED) is 0.821. The van der Waals surface area contributed by atoms with E-state index >= 15 is 0 Å². The maximum atomic E-state index is 11.4. The first kappa shape index (κ1) is 15.1. The number of carbonyl (C=O) groups is 1. The van der Waals surface area contributed by atoms with E-state index < -0.39 is 12.0 Å². The van der Waals surface area contributed by atoms with E-state index in [9.17, 15) is 9.90 Å². The monoisotopic (exact) mass is 285 g/mol. The number of hydrogen-bond acceptors (Lipinski definition) is 3. The molecule has 4 nitrogen and oxygen atoms in total. The molecule has 0 amide bonds. The molecule has 1 atom stereocenters. The molecule has 0 saturated heterocycles. The second-order valence-electron chi connectivity index (χ2n) is 4.60. The van der Waals surface area contributed by atoms with Crippen molar-refractivity contribution in [3.8, 4) is 5.75 Å². The first-order valence-electron chi connectivity index (χ1n) is 6.94. The van der Waals surface area contributed by atoms with E-state index in [4.69, 9.17) is 4.74 Å². The summed E-state index contributed by atoms with van der Waals surface area (Å²) in [6.45, 7) is 2.94. The van der Waals surface area contributed by atoms with Crippen molar-refractivity contribution < 1.29 is 14.6 Å². The largest absolute Gasteiger partial charge is 0.494 e. The predicted octanol–water partition coefficient (Wildman–Crippen LogP) is 3.00. The Morgan fingerprint density at radius 1 is 1.14 bits per heavy atom. The van der Waals surface area contributed by atoms with Crippen LogP contribution in [0.15, 0.2) is 54.6 Å². The molecular formula is C17H19NO3. The molecule has 0 saturated carbocycles. The number of hydrogen-bond donors (Lipinski definition) is 2. The van der Waals surface area contributed by atoms with Crippen molar-refractivity contribution in [2.45, 2.75) is 19.5 Å². The molecule has 2 aromatic carbocycles. The lowest BCUT2D eigenvalue weighted by atomic mass is 10.1. The van der Waals surface area contributed by atoms with E-state index in [1.807, 2.05) is 49.4 Å². The van der Waals surface area contributed by atoms with Crippen LogP contribution in [0.2, 0.25) is 0 Å². The van der Waals surface area contributed by atoms with Crippen LogP contribution in [0.4, 0.5) is 0 Å². The number of benzene rings is 2. The summed E-state index contributed by atoms with van der Waals surface area (Å²) in [5.74, 6) is -0.111. The molecule has 0 aliphatic heterocycles. The van der Waals surface area contributed by atoms with Crippen LogP contribution in [0, 0.1) is 0 Å². The van der Waals surface area contributed by atoms with Gasteiger partial charge in [-0.15, -0.1) is 0 Å². The van der Waals surface area contributed by atoms with Gasteiger partial charge in [0.15, 0.2) is 0 Å². The van der Waals surface area contributed by atoms with Crippen LogP contribution in [0.25, 0.3) is 0 Å². The Morgan fingerprint density at radius 3 is 2.48 bits per heavy atom. The van der Waals surface area contributed by atoms with Gasteiger partial charge in [-0.1, -0.05) is 48.5 Å². The summed E-state index contributed by atoms with van der Waals surface area (Å²) in [6, 6.07) is 16.1. The molecule has 2 rings (SSSR count). The third kappa shape index (κ3) is 4.07. The van der Waals surface area contributed by atoms with Crippen LogP contribution in [0.3, 0.4) is 0 Å². The highest BCUT2D eigenvalue weighted by atomic mass is 16.5. The van der Waals surface area contributed by atoms with E-state index in [0.717, 1.165) is 16.9 Å². The predicted molar refractivity (Wildman–Crippen MR) is 81.3 cm³/mol. The topological polar surface area (TPSA) is 58.6 Å². The van der Waals surface area contributed by atoms with Crippen LogP contribution < -0.4 is 10.1 Å². The van der Waals surface area contributed by atoms with Gasteiger partial charge in [0.05, 0.1) is 6.61 Å². The molecule has 4 heteroatoms. The molecule has 21 heavy (non-hydrogen) atoms. The Labute approximate surface area is 124 Å². The minimum absolute atomic E-state index is 0.433. The first-order valence-corrected chi connectivity index (χ1v) is 6.94. The minimum Gasteiger partial charge on any atom is -0.494 e. The van der Waals surface area contributed by atoms with Crippen molar-refractivity contribution in [3.05, 3.63) is 65.7 Å². The van der Waals surface area contributed by atoms with Gasteiger partial charge in [0.1, 0.15) is 11.8 Å². The second kappa shape index (κ2) is 7.45. The summed E-state index contributed by atoms with van der Waals surface area (Å²) < 4.78 is 5.55. The van der Waals surface area contributed by atoms with Crippen molar-refractivity contribution in [1.29, 1.82) is 0 Å². The Balaban J connectivity index is 2.11. The van der Waals surface area contributed by atoms with Crippen LogP contribution >= 0.6 is 0 Å². The minimum atomic E-state index is -0.893. The number of rotatable bonds is 7. The molecule has 2 N–H and O–H groups in total. The Morgan fingerprint density at radius 2 is 1.81 bits per heavy atom. The van der Waals surface area contributed by atoms with Gasteiger partial charge >= 0.3 is 5.97 Å². The lowest BCUT2D eigenvalue weighted by molar-refractivity contribution is -0.139. The standard InChI is InChI=1S/C17H19NO3/c1-2-21-15-11-7-6-10-14(15)12-18-16(17(19)20)13-8-4-3-5-9-13/h3-11,16,18H,2,12H2,1H3,(H,19,20). The van der Waals surface area contributed by atoms with Crippen molar-refractivity contribution in [1.82, 2.24) is 5.32 Å². The van der Waals surface area contributed by atoms with Crippen molar-refractivity contribution >= 4 is 5.97 Å². The number of carboxylic acid groups (broad SMARTS) is 1. The van der Waals surface area contributed by atoms with Gasteiger partial charge in [0.25, 0.3) is 0 Å². The number of para-hydroxylation sites is 1. The van der Waals surface area contributed by atoms with Gasteiger partial charge in [-0.25, -0.2) is 0 Å². The van der Waals surface area contributed by atoms with E-state index in [1.165, 1.54) is 0 Å². The highest BCUT2D eigenvalue weighted by molar-refractivity contribution is 5.75. The van der Waals surface area contributed by atoms with Crippen molar-refractivity contribution in [3.63, 3.8) is 0 Å². The lowest BCUT2D eigenvalue weighted by Crippen LogP contribution is -2.28. The third-order valence-electron chi connectivity index (χ3n) is 3.15. The zero-order chi connectivity index (χ0) is 15.1. The molecular weight excluding hydrogens is 266 g/mol. The Hall–Kier alpha value is -2.33. The molecule has 0 heterocycles. The molecule has 0 spiro atoms. The van der Waals surface area contributed by atoms with Gasteiger partial charge < -0.3 is 9.84 Å². The fourth-order valence-corrected chi connectivity index (χ4v) is 2.15. The average molecular weight is 285 g/mol. The number of ether oxygens (including phenoxy) is 1. The molecule has 0 fully saturated rings. The zero-order valence-electron chi connectivity index (χ0n) is 12.0. The molecule has 2 aromatic rings. The molecule has 110 valence electrons. The smallest absolute Gasteiger partial charge is 0.325 e. The highest BCUT2D eigenvalue weighted by Gasteiger charge is 2.19. The zero-order valence-corrected chi connectivity index (χ0v) is 12.0. The van der Waals surface area contributed by atoms with Gasteiger partial charge in [-0.2, -0.15) is 0 Å². The lowest BCUT2D eigenvalue weighted by Gasteiger charge is -2.16. The van der Waals surface area contributed by atoms with Crippen molar-refractivity contribution in [2.75, 3.05) is 6.61 Å². The van der Waals surface area contributed by atoms with Gasteiger partial charge in [-0.3, -0.25) is 10.1 Å². The number of nitrogens with one attached hydrogen (secondary N) is 1. The summed E-state index contributed by atoms with van der Waals surface area (Å²) >= 11 is 0. The van der Waals surface area contributed by atoms with E-state index in [-0.39, 0.29) is 0 Å². The van der Waals surface area contributed by atoms with E-state index in [1.54, 1.807) is 12.1 Å².